The molecule has 1 fully saturated rings. The van der Waals surface area contributed by atoms with Crippen molar-refractivity contribution in [3.63, 3.8) is 0 Å². The van der Waals surface area contributed by atoms with Crippen LogP contribution in [0.4, 0.5) is 5.82 Å². The van der Waals surface area contributed by atoms with Gasteiger partial charge in [0.1, 0.15) is 29.4 Å². The molecule has 0 radical (unpaired) electrons. The first-order chi connectivity index (χ1) is 18.6. The number of anilines is 1. The van der Waals surface area contributed by atoms with E-state index in [2.05, 4.69) is 21.0 Å². The van der Waals surface area contributed by atoms with Crippen LogP contribution < -0.4 is 10.5 Å². The van der Waals surface area contributed by atoms with Crippen LogP contribution in [0.15, 0.2) is 59.9 Å². The third-order valence-electron chi connectivity index (χ3n) is 6.72. The van der Waals surface area contributed by atoms with Crippen LogP contribution in [0.3, 0.4) is 0 Å². The highest BCUT2D eigenvalue weighted by Gasteiger charge is 2.39. The van der Waals surface area contributed by atoms with Crippen molar-refractivity contribution in [1.82, 2.24) is 29.1 Å². The molecule has 192 valence electrons. The number of nitriles is 1. The highest BCUT2D eigenvalue weighted by molar-refractivity contribution is 6.33. The second-order valence-corrected chi connectivity index (χ2v) is 9.32. The van der Waals surface area contributed by atoms with E-state index in [1.54, 1.807) is 30.1 Å². The summed E-state index contributed by atoms with van der Waals surface area (Å²) < 4.78 is 14.4. The zero-order chi connectivity index (χ0) is 26.2. The molecule has 0 unspecified atom stereocenters. The molecule has 12 heteroatoms. The van der Waals surface area contributed by atoms with Crippen LogP contribution >= 0.6 is 11.6 Å². The lowest BCUT2D eigenvalue weighted by atomic mass is 10.1. The molecular formula is C26H23ClN8O3. The van der Waals surface area contributed by atoms with Gasteiger partial charge in [0.05, 0.1) is 47.0 Å². The normalized spacial score (nSPS) is 17.4. The Morgan fingerprint density at radius 1 is 1.21 bits per heavy atom. The van der Waals surface area contributed by atoms with E-state index in [0.717, 1.165) is 0 Å². The van der Waals surface area contributed by atoms with E-state index in [1.165, 1.54) is 10.8 Å². The van der Waals surface area contributed by atoms with Gasteiger partial charge in [0.15, 0.2) is 5.82 Å². The average molecular weight is 531 g/mol. The molecule has 5 heterocycles. The van der Waals surface area contributed by atoms with E-state index in [4.69, 9.17) is 26.2 Å². The third-order valence-corrected chi connectivity index (χ3v) is 7.03. The molecule has 0 bridgehead atoms. The van der Waals surface area contributed by atoms with Gasteiger partial charge in [-0.05, 0) is 18.2 Å². The lowest BCUT2D eigenvalue weighted by Gasteiger charge is -2.27. The minimum atomic E-state index is -0.416. The number of rotatable bonds is 7. The quantitative estimate of drug-likeness (QED) is 0.318. The van der Waals surface area contributed by atoms with Gasteiger partial charge in [0, 0.05) is 32.5 Å². The second kappa shape index (κ2) is 9.90. The highest BCUT2D eigenvalue weighted by Crippen LogP contribution is 2.39. The number of aromatic amines is 1. The Morgan fingerprint density at radius 3 is 2.84 bits per heavy atom. The Labute approximate surface area is 221 Å². The molecule has 0 spiro atoms. The fourth-order valence-corrected chi connectivity index (χ4v) is 5.26. The van der Waals surface area contributed by atoms with E-state index < -0.39 is 6.04 Å². The third kappa shape index (κ3) is 3.99. The summed E-state index contributed by atoms with van der Waals surface area (Å²) in [7, 11) is 1.62. The largest absolute Gasteiger partial charge is 0.382 e. The van der Waals surface area contributed by atoms with Crippen LogP contribution in [-0.2, 0) is 9.47 Å². The molecule has 0 saturated carbocycles. The molecule has 1 aromatic carbocycles. The first-order valence-electron chi connectivity index (χ1n) is 12.0. The standard InChI is InChI=1S/C26H23ClN8O3/c1-37-9-10-38-18-11-20(33(14-18)25-21-16(12-28)13-29-23(21)30-15-31-25)24-32-34-8-7-19(27)22(34)26(36)35(24)17-5-3-2-4-6-17/h2-8,13,15,18,20H,9-11,14H2,1H3,(H,29,30,31)/t18-,20-/m0/s1. The summed E-state index contributed by atoms with van der Waals surface area (Å²) in [5, 5.41) is 15.6. The summed E-state index contributed by atoms with van der Waals surface area (Å²) in [6, 6.07) is 12.8. The maximum atomic E-state index is 13.9. The molecule has 38 heavy (non-hydrogen) atoms. The summed E-state index contributed by atoms with van der Waals surface area (Å²) in [5.41, 5.74) is 1.65. The lowest BCUT2D eigenvalue weighted by Crippen LogP contribution is -2.33. The van der Waals surface area contributed by atoms with E-state index >= 15 is 0 Å². The molecule has 0 amide bonds. The Kier molecular flexibility index (Phi) is 6.29. The van der Waals surface area contributed by atoms with Crippen molar-refractivity contribution in [3.05, 3.63) is 81.9 Å². The summed E-state index contributed by atoms with van der Waals surface area (Å²) >= 11 is 6.39. The van der Waals surface area contributed by atoms with E-state index in [1.807, 2.05) is 35.2 Å². The molecule has 1 aliphatic rings. The first kappa shape index (κ1) is 24.1. The number of halogens is 1. The van der Waals surface area contributed by atoms with Crippen LogP contribution in [0.5, 0.6) is 0 Å². The molecule has 0 aliphatic carbocycles. The maximum Gasteiger partial charge on any atom is 0.284 e. The fourth-order valence-electron chi connectivity index (χ4n) is 5.04. The summed E-state index contributed by atoms with van der Waals surface area (Å²) in [4.78, 5) is 27.8. The van der Waals surface area contributed by atoms with Crippen LogP contribution in [0, 0.1) is 11.3 Å². The number of nitrogens with zero attached hydrogens (tertiary/aromatic N) is 7. The number of hydrogen-bond donors (Lipinski definition) is 1. The lowest BCUT2D eigenvalue weighted by molar-refractivity contribution is 0.0264. The smallest absolute Gasteiger partial charge is 0.284 e. The molecule has 1 N–H and O–H groups in total. The van der Waals surface area contributed by atoms with Gasteiger partial charge in [-0.3, -0.25) is 9.36 Å². The van der Waals surface area contributed by atoms with Gasteiger partial charge in [-0.25, -0.2) is 14.5 Å². The number of hydrogen-bond acceptors (Lipinski definition) is 8. The fraction of sp³-hybridized carbons (Fsp3) is 0.269. The summed E-state index contributed by atoms with van der Waals surface area (Å²) in [5.74, 6) is 1.06. The monoisotopic (exact) mass is 530 g/mol. The van der Waals surface area contributed by atoms with Gasteiger partial charge in [0.2, 0.25) is 0 Å². The molecular weight excluding hydrogens is 508 g/mol. The predicted molar refractivity (Wildman–Crippen MR) is 141 cm³/mol. The summed E-state index contributed by atoms with van der Waals surface area (Å²) in [6.07, 6.45) is 5.08. The molecule has 5 aromatic rings. The van der Waals surface area contributed by atoms with Crippen LogP contribution in [0.1, 0.15) is 23.9 Å². The number of para-hydroxylation sites is 1. The van der Waals surface area contributed by atoms with Gasteiger partial charge in [-0.15, -0.1) is 0 Å². The first-order valence-corrected chi connectivity index (χ1v) is 12.4. The molecule has 2 atom stereocenters. The van der Waals surface area contributed by atoms with Crippen molar-refractivity contribution < 1.29 is 9.47 Å². The number of nitrogens with one attached hydrogen (secondary N) is 1. The number of fused-ring (bicyclic) bond motifs is 2. The highest BCUT2D eigenvalue weighted by atomic mass is 35.5. The van der Waals surface area contributed by atoms with Gasteiger partial charge < -0.3 is 19.4 Å². The van der Waals surface area contributed by atoms with Crippen molar-refractivity contribution in [2.75, 3.05) is 31.8 Å². The molecule has 1 saturated heterocycles. The molecule has 6 rings (SSSR count). The van der Waals surface area contributed by atoms with Gasteiger partial charge in [-0.1, -0.05) is 29.8 Å². The Hall–Kier alpha value is -4.24. The van der Waals surface area contributed by atoms with E-state index in [0.29, 0.717) is 70.6 Å². The van der Waals surface area contributed by atoms with E-state index in [9.17, 15) is 10.1 Å². The number of methoxy groups -OCH3 is 1. The summed E-state index contributed by atoms with van der Waals surface area (Å²) in [6.45, 7) is 1.33. The minimum Gasteiger partial charge on any atom is -0.382 e. The number of aromatic nitrogens is 6. The van der Waals surface area contributed by atoms with Crippen LogP contribution in [0.25, 0.3) is 22.2 Å². The second-order valence-electron chi connectivity index (χ2n) is 8.92. The van der Waals surface area contributed by atoms with Crippen molar-refractivity contribution in [3.8, 4) is 11.8 Å². The van der Waals surface area contributed by atoms with Crippen LogP contribution in [-0.4, -0.2) is 62.1 Å². The Bertz CT molecular complexity index is 1720. The minimum absolute atomic E-state index is 0.199. The van der Waals surface area contributed by atoms with E-state index in [-0.39, 0.29) is 11.7 Å². The molecule has 4 aromatic heterocycles. The SMILES string of the molecule is COCCO[C@H]1C[C@@H](c2nn3ccc(Cl)c3c(=O)n2-c2ccccc2)N(c2ncnc3[nH]cc(C#N)c23)C1. The van der Waals surface area contributed by atoms with Crippen molar-refractivity contribution in [1.29, 1.82) is 5.26 Å². The van der Waals surface area contributed by atoms with Crippen molar-refractivity contribution >= 4 is 34.0 Å². The molecule has 11 nitrogen and oxygen atoms in total. The van der Waals surface area contributed by atoms with Gasteiger partial charge >= 0.3 is 0 Å². The van der Waals surface area contributed by atoms with Crippen molar-refractivity contribution in [2.24, 2.45) is 0 Å². The molecule has 1 aliphatic heterocycles. The number of ether oxygens (including phenoxy) is 2. The van der Waals surface area contributed by atoms with Crippen molar-refractivity contribution in [2.45, 2.75) is 18.6 Å². The number of H-pyrrole nitrogens is 1. The maximum absolute atomic E-state index is 13.9. The Balaban J connectivity index is 1.57. The topological polar surface area (TPSA) is 126 Å². The zero-order valence-corrected chi connectivity index (χ0v) is 21.2. The zero-order valence-electron chi connectivity index (χ0n) is 20.4. The number of benzene rings is 1. The van der Waals surface area contributed by atoms with Gasteiger partial charge in [-0.2, -0.15) is 10.4 Å². The Morgan fingerprint density at radius 2 is 2.05 bits per heavy atom. The van der Waals surface area contributed by atoms with Gasteiger partial charge in [0.25, 0.3) is 5.56 Å². The average Bonchev–Trinajstić information content (AvgIpc) is 3.66. The predicted octanol–water partition coefficient (Wildman–Crippen LogP) is 3.26. The van der Waals surface area contributed by atoms with Crippen LogP contribution in [0.2, 0.25) is 5.02 Å².